The number of hydrogen-bond donors (Lipinski definition) is 1. The van der Waals surface area contributed by atoms with Gasteiger partial charge in [0.25, 0.3) is 0 Å². The molecule has 18 heavy (non-hydrogen) atoms. The molecule has 1 amide bonds. The molecule has 0 aromatic rings. The summed E-state index contributed by atoms with van der Waals surface area (Å²) in [7, 11) is 0. The lowest BCUT2D eigenvalue weighted by molar-refractivity contribution is -0.130. The van der Waals surface area contributed by atoms with Crippen molar-refractivity contribution in [2.75, 3.05) is 6.54 Å². The average molecular weight is 252 g/mol. The molecule has 1 aliphatic rings. The van der Waals surface area contributed by atoms with Gasteiger partial charge >= 0.3 is 0 Å². The van der Waals surface area contributed by atoms with Gasteiger partial charge in [-0.15, -0.1) is 0 Å². The molecule has 1 heterocycles. The van der Waals surface area contributed by atoms with Crippen LogP contribution < -0.4 is 5.32 Å². The van der Waals surface area contributed by atoms with Gasteiger partial charge in [-0.1, -0.05) is 11.6 Å². The first-order valence-corrected chi connectivity index (χ1v) is 7.11. The summed E-state index contributed by atoms with van der Waals surface area (Å²) in [4.78, 5) is 14.1. The summed E-state index contributed by atoms with van der Waals surface area (Å²) in [5.41, 5.74) is 1.37. The molecule has 0 aliphatic carbocycles. The molecule has 3 heteroatoms. The third-order valence-corrected chi connectivity index (χ3v) is 3.50. The van der Waals surface area contributed by atoms with Crippen molar-refractivity contribution in [3.05, 3.63) is 11.6 Å². The summed E-state index contributed by atoms with van der Waals surface area (Å²) in [5.74, 6) is 0.277. The quantitative estimate of drug-likeness (QED) is 0.737. The van der Waals surface area contributed by atoms with Gasteiger partial charge in [-0.2, -0.15) is 0 Å². The predicted molar refractivity (Wildman–Crippen MR) is 76.5 cm³/mol. The van der Waals surface area contributed by atoms with E-state index in [-0.39, 0.29) is 11.9 Å². The van der Waals surface area contributed by atoms with Crippen LogP contribution in [0.2, 0.25) is 0 Å². The standard InChI is InChI=1S/C15H28N2O/c1-11(2)7-6-8-13(5)16-14-9-10-17(12(3)4)15(14)18/h7,12-14,16H,6,8-10H2,1-5H3. The fraction of sp³-hybridized carbons (Fsp3) is 0.800. The summed E-state index contributed by atoms with van der Waals surface area (Å²) in [6.45, 7) is 11.5. The molecule has 104 valence electrons. The predicted octanol–water partition coefficient (Wildman–Crippen LogP) is 2.72. The second-order valence-corrected chi connectivity index (χ2v) is 5.89. The molecule has 0 aromatic carbocycles. The van der Waals surface area contributed by atoms with E-state index in [1.165, 1.54) is 5.57 Å². The number of nitrogens with one attached hydrogen (secondary N) is 1. The minimum absolute atomic E-state index is 0.0362. The topological polar surface area (TPSA) is 32.3 Å². The summed E-state index contributed by atoms with van der Waals surface area (Å²) in [6, 6.07) is 0.765. The van der Waals surface area contributed by atoms with Gasteiger partial charge in [-0.05, 0) is 53.9 Å². The van der Waals surface area contributed by atoms with E-state index >= 15 is 0 Å². The maximum atomic E-state index is 12.1. The van der Waals surface area contributed by atoms with E-state index in [1.807, 2.05) is 4.90 Å². The molecule has 0 radical (unpaired) electrons. The van der Waals surface area contributed by atoms with Crippen LogP contribution in [0.1, 0.15) is 53.9 Å². The first kappa shape index (κ1) is 15.2. The van der Waals surface area contributed by atoms with E-state index in [1.54, 1.807) is 0 Å². The average Bonchev–Trinajstić information content (AvgIpc) is 2.60. The Balaban J connectivity index is 2.35. The third kappa shape index (κ3) is 4.45. The molecule has 1 rings (SSSR count). The van der Waals surface area contributed by atoms with E-state index in [9.17, 15) is 4.79 Å². The van der Waals surface area contributed by atoms with Gasteiger partial charge in [0.05, 0.1) is 6.04 Å². The van der Waals surface area contributed by atoms with Gasteiger partial charge < -0.3 is 10.2 Å². The second-order valence-electron chi connectivity index (χ2n) is 5.89. The SMILES string of the molecule is CC(C)=CCCC(C)NC1CCN(C(C)C)C1=O. The van der Waals surface area contributed by atoms with E-state index < -0.39 is 0 Å². The largest absolute Gasteiger partial charge is 0.339 e. The second kappa shape index (κ2) is 6.93. The normalized spacial score (nSPS) is 21.6. The molecule has 0 saturated carbocycles. The lowest BCUT2D eigenvalue weighted by Crippen LogP contribution is -2.44. The Morgan fingerprint density at radius 1 is 1.44 bits per heavy atom. The molecule has 0 aromatic heterocycles. The maximum absolute atomic E-state index is 12.1. The van der Waals surface area contributed by atoms with E-state index in [0.717, 1.165) is 25.8 Å². The van der Waals surface area contributed by atoms with Crippen molar-refractivity contribution in [2.45, 2.75) is 72.0 Å². The first-order valence-electron chi connectivity index (χ1n) is 7.11. The number of carbonyl (C=O) groups excluding carboxylic acids is 1. The Bertz CT molecular complexity index is 306. The zero-order valence-electron chi connectivity index (χ0n) is 12.5. The number of likely N-dealkylation sites (tertiary alicyclic amines) is 1. The molecule has 2 unspecified atom stereocenters. The Morgan fingerprint density at radius 3 is 2.61 bits per heavy atom. The number of carbonyl (C=O) groups is 1. The first-order chi connectivity index (χ1) is 8.41. The van der Waals surface area contributed by atoms with Gasteiger partial charge in [0.15, 0.2) is 0 Å². The number of amides is 1. The van der Waals surface area contributed by atoms with Crippen LogP contribution in [0.3, 0.4) is 0 Å². The van der Waals surface area contributed by atoms with Crippen molar-refractivity contribution in [3.8, 4) is 0 Å². The smallest absolute Gasteiger partial charge is 0.240 e. The van der Waals surface area contributed by atoms with Crippen LogP contribution in [0.15, 0.2) is 11.6 Å². The van der Waals surface area contributed by atoms with Gasteiger partial charge in [0.2, 0.25) is 5.91 Å². The van der Waals surface area contributed by atoms with Crippen molar-refractivity contribution in [1.82, 2.24) is 10.2 Å². The Hall–Kier alpha value is -0.830. The lowest BCUT2D eigenvalue weighted by atomic mass is 10.1. The molecular formula is C15H28N2O. The lowest BCUT2D eigenvalue weighted by Gasteiger charge is -2.22. The van der Waals surface area contributed by atoms with Crippen molar-refractivity contribution in [2.24, 2.45) is 0 Å². The zero-order valence-corrected chi connectivity index (χ0v) is 12.5. The summed E-state index contributed by atoms with van der Waals surface area (Å²) >= 11 is 0. The molecular weight excluding hydrogens is 224 g/mol. The molecule has 2 atom stereocenters. The zero-order chi connectivity index (χ0) is 13.7. The number of rotatable bonds is 6. The molecule has 1 saturated heterocycles. The Kier molecular flexibility index (Phi) is 5.86. The molecule has 1 N–H and O–H groups in total. The summed E-state index contributed by atoms with van der Waals surface area (Å²) < 4.78 is 0. The van der Waals surface area contributed by atoms with Gasteiger partial charge in [0.1, 0.15) is 0 Å². The van der Waals surface area contributed by atoms with Crippen LogP contribution in [0.5, 0.6) is 0 Å². The monoisotopic (exact) mass is 252 g/mol. The summed E-state index contributed by atoms with van der Waals surface area (Å²) in [6.07, 6.45) is 5.39. The van der Waals surface area contributed by atoms with E-state index in [0.29, 0.717) is 12.1 Å². The highest BCUT2D eigenvalue weighted by atomic mass is 16.2. The Morgan fingerprint density at radius 2 is 2.11 bits per heavy atom. The number of nitrogens with zero attached hydrogens (tertiary/aromatic N) is 1. The Labute approximate surface area is 112 Å². The fourth-order valence-electron chi connectivity index (χ4n) is 2.42. The molecule has 0 spiro atoms. The minimum Gasteiger partial charge on any atom is -0.339 e. The van der Waals surface area contributed by atoms with Crippen LogP contribution in [0.25, 0.3) is 0 Å². The minimum atomic E-state index is 0.0362. The highest BCUT2D eigenvalue weighted by molar-refractivity contribution is 5.84. The molecule has 1 fully saturated rings. The molecule has 0 bridgehead atoms. The van der Waals surface area contributed by atoms with Crippen LogP contribution >= 0.6 is 0 Å². The molecule has 3 nitrogen and oxygen atoms in total. The summed E-state index contributed by atoms with van der Waals surface area (Å²) in [5, 5.41) is 3.47. The van der Waals surface area contributed by atoms with Crippen LogP contribution in [-0.2, 0) is 4.79 Å². The van der Waals surface area contributed by atoms with Gasteiger partial charge in [-0.25, -0.2) is 0 Å². The molecule has 1 aliphatic heterocycles. The van der Waals surface area contributed by atoms with Crippen LogP contribution in [-0.4, -0.2) is 35.5 Å². The van der Waals surface area contributed by atoms with Gasteiger partial charge in [0, 0.05) is 18.6 Å². The van der Waals surface area contributed by atoms with Crippen molar-refractivity contribution < 1.29 is 4.79 Å². The van der Waals surface area contributed by atoms with E-state index in [4.69, 9.17) is 0 Å². The number of allylic oxidation sites excluding steroid dienone is 2. The van der Waals surface area contributed by atoms with Crippen LogP contribution in [0.4, 0.5) is 0 Å². The van der Waals surface area contributed by atoms with Crippen molar-refractivity contribution in [1.29, 1.82) is 0 Å². The van der Waals surface area contributed by atoms with Crippen molar-refractivity contribution >= 4 is 5.91 Å². The number of hydrogen-bond acceptors (Lipinski definition) is 2. The van der Waals surface area contributed by atoms with Gasteiger partial charge in [-0.3, -0.25) is 4.79 Å². The van der Waals surface area contributed by atoms with E-state index in [2.05, 4.69) is 46.0 Å². The maximum Gasteiger partial charge on any atom is 0.240 e. The third-order valence-electron chi connectivity index (χ3n) is 3.50. The highest BCUT2D eigenvalue weighted by Gasteiger charge is 2.33. The highest BCUT2D eigenvalue weighted by Crippen LogP contribution is 2.15. The fourth-order valence-corrected chi connectivity index (χ4v) is 2.42. The van der Waals surface area contributed by atoms with Crippen LogP contribution in [0, 0.1) is 0 Å². The van der Waals surface area contributed by atoms with Crippen molar-refractivity contribution in [3.63, 3.8) is 0 Å².